The number of urea groups is 1. The zero-order valence-corrected chi connectivity index (χ0v) is 14.1. The molecule has 1 aromatic rings. The minimum atomic E-state index is -0.196. The molecule has 0 radical (unpaired) electrons. The molecule has 0 saturated carbocycles. The molecule has 2 N–H and O–H groups in total. The number of likely N-dealkylation sites (N-methyl/N-ethyl adjacent to an activating group) is 1. The molecule has 6 nitrogen and oxygen atoms in total. The predicted molar refractivity (Wildman–Crippen MR) is 88.0 cm³/mol. The fraction of sp³-hybridized carbons (Fsp3) is 0.588. The number of ether oxygens (including phenoxy) is 2. The van der Waals surface area contributed by atoms with E-state index in [1.54, 1.807) is 4.90 Å². The van der Waals surface area contributed by atoms with Gasteiger partial charge in [-0.15, -0.1) is 0 Å². The van der Waals surface area contributed by atoms with Crippen molar-refractivity contribution in [3.63, 3.8) is 0 Å². The first-order valence-electron chi connectivity index (χ1n) is 8.17. The molecule has 1 aromatic carbocycles. The van der Waals surface area contributed by atoms with Crippen molar-refractivity contribution in [1.29, 1.82) is 0 Å². The number of carbonyl (C=O) groups excluding carboxylic acids is 1. The monoisotopic (exact) mass is 322 g/mol. The molecular weight excluding hydrogens is 296 g/mol. The molecule has 6 heteroatoms. The molecule has 2 amide bonds. The Labute approximate surface area is 137 Å². The molecule has 1 aliphatic heterocycles. The van der Waals surface area contributed by atoms with Crippen molar-refractivity contribution < 1.29 is 19.4 Å². The smallest absolute Gasteiger partial charge is 0.317 e. The van der Waals surface area contributed by atoms with Crippen molar-refractivity contribution in [2.45, 2.75) is 39.8 Å². The van der Waals surface area contributed by atoms with Crippen LogP contribution in [0, 0.1) is 0 Å². The molecule has 0 bridgehead atoms. The highest BCUT2D eigenvalue weighted by atomic mass is 16.5. The normalized spacial score (nSPS) is 15.7. The van der Waals surface area contributed by atoms with Gasteiger partial charge in [-0.25, -0.2) is 4.79 Å². The Morgan fingerprint density at radius 1 is 1.48 bits per heavy atom. The number of hydrogen-bond donors (Lipinski definition) is 2. The highest BCUT2D eigenvalue weighted by molar-refractivity contribution is 5.74. The van der Waals surface area contributed by atoms with E-state index in [0.717, 1.165) is 29.0 Å². The van der Waals surface area contributed by atoms with Crippen LogP contribution in [0.15, 0.2) is 12.1 Å². The molecule has 1 atom stereocenters. The van der Waals surface area contributed by atoms with Crippen molar-refractivity contribution in [1.82, 2.24) is 10.2 Å². The van der Waals surface area contributed by atoms with Gasteiger partial charge in [0.2, 0.25) is 0 Å². The fourth-order valence-corrected chi connectivity index (χ4v) is 2.72. The second-order valence-electron chi connectivity index (χ2n) is 5.60. The van der Waals surface area contributed by atoms with E-state index in [4.69, 9.17) is 14.6 Å². The van der Waals surface area contributed by atoms with Gasteiger partial charge in [0, 0.05) is 37.2 Å². The van der Waals surface area contributed by atoms with Crippen LogP contribution in [-0.2, 0) is 13.0 Å². The number of carbonyl (C=O) groups is 1. The summed E-state index contributed by atoms with van der Waals surface area (Å²) >= 11 is 0. The third kappa shape index (κ3) is 4.28. The minimum absolute atomic E-state index is 0.0456. The topological polar surface area (TPSA) is 71.0 Å². The van der Waals surface area contributed by atoms with Crippen molar-refractivity contribution in [2.24, 2.45) is 0 Å². The van der Waals surface area contributed by atoms with Gasteiger partial charge in [0.25, 0.3) is 0 Å². The summed E-state index contributed by atoms with van der Waals surface area (Å²) in [6.07, 6.45) is 1.05. The molecule has 128 valence electrons. The van der Waals surface area contributed by atoms with Gasteiger partial charge in [0.05, 0.1) is 13.2 Å². The lowest BCUT2D eigenvalue weighted by Gasteiger charge is -2.21. The summed E-state index contributed by atoms with van der Waals surface area (Å²) in [5, 5.41) is 11.9. The lowest BCUT2D eigenvalue weighted by atomic mass is 10.1. The molecule has 2 rings (SSSR count). The highest BCUT2D eigenvalue weighted by Crippen LogP contribution is 2.35. The number of rotatable bonds is 7. The number of aliphatic hydroxyl groups excluding tert-OH is 1. The van der Waals surface area contributed by atoms with E-state index in [-0.39, 0.29) is 18.7 Å². The lowest BCUT2D eigenvalue weighted by molar-refractivity contribution is 0.180. The summed E-state index contributed by atoms with van der Waals surface area (Å²) in [6, 6.07) is 3.76. The van der Waals surface area contributed by atoms with E-state index in [1.807, 2.05) is 32.9 Å². The van der Waals surface area contributed by atoms with Crippen LogP contribution in [0.3, 0.4) is 0 Å². The molecule has 0 unspecified atom stereocenters. The maximum atomic E-state index is 12.1. The SMILES string of the molecule is CCOc1cc2c(cc1CNC(=O)N(CC)CCO)O[C@@H](C)C2. The van der Waals surface area contributed by atoms with Crippen LogP contribution in [0.2, 0.25) is 0 Å². The molecule has 1 heterocycles. The molecule has 23 heavy (non-hydrogen) atoms. The van der Waals surface area contributed by atoms with Crippen LogP contribution < -0.4 is 14.8 Å². The second-order valence-corrected chi connectivity index (χ2v) is 5.60. The predicted octanol–water partition coefficient (Wildman–Crippen LogP) is 1.93. The molecule has 0 aromatic heterocycles. The number of nitrogens with one attached hydrogen (secondary N) is 1. The third-order valence-corrected chi connectivity index (χ3v) is 3.85. The number of nitrogens with zero attached hydrogens (tertiary/aromatic N) is 1. The van der Waals surface area contributed by atoms with E-state index in [1.165, 1.54) is 0 Å². The third-order valence-electron chi connectivity index (χ3n) is 3.85. The van der Waals surface area contributed by atoms with E-state index in [2.05, 4.69) is 5.32 Å². The van der Waals surface area contributed by atoms with Gasteiger partial charge in [-0.2, -0.15) is 0 Å². The summed E-state index contributed by atoms with van der Waals surface area (Å²) in [5.41, 5.74) is 2.04. The maximum Gasteiger partial charge on any atom is 0.317 e. The van der Waals surface area contributed by atoms with Crippen LogP contribution >= 0.6 is 0 Å². The molecule has 0 saturated heterocycles. The largest absolute Gasteiger partial charge is 0.494 e. The Kier molecular flexibility index (Phi) is 6.10. The van der Waals surface area contributed by atoms with Gasteiger partial charge < -0.3 is 24.8 Å². The summed E-state index contributed by atoms with van der Waals surface area (Å²) in [4.78, 5) is 13.7. The average molecular weight is 322 g/mol. The molecule has 0 spiro atoms. The molecule has 0 aliphatic carbocycles. The van der Waals surface area contributed by atoms with Gasteiger partial charge in [0.1, 0.15) is 17.6 Å². The number of amides is 2. The Balaban J connectivity index is 2.09. The highest BCUT2D eigenvalue weighted by Gasteiger charge is 2.22. The van der Waals surface area contributed by atoms with Gasteiger partial charge in [0.15, 0.2) is 0 Å². The van der Waals surface area contributed by atoms with E-state index in [0.29, 0.717) is 26.2 Å². The van der Waals surface area contributed by atoms with Crippen LogP contribution in [0.5, 0.6) is 11.5 Å². The number of hydrogen-bond acceptors (Lipinski definition) is 4. The van der Waals surface area contributed by atoms with Gasteiger partial charge in [-0.1, -0.05) is 0 Å². The van der Waals surface area contributed by atoms with Crippen molar-refractivity contribution in [3.8, 4) is 11.5 Å². The molecule has 0 fully saturated rings. The zero-order valence-electron chi connectivity index (χ0n) is 14.1. The first-order chi connectivity index (χ1) is 11.1. The summed E-state index contributed by atoms with van der Waals surface area (Å²) in [5.74, 6) is 1.65. The summed E-state index contributed by atoms with van der Waals surface area (Å²) in [6.45, 7) is 7.62. The van der Waals surface area contributed by atoms with E-state index >= 15 is 0 Å². The number of fused-ring (bicyclic) bond motifs is 1. The number of aliphatic hydroxyl groups is 1. The Morgan fingerprint density at radius 2 is 2.26 bits per heavy atom. The quantitative estimate of drug-likeness (QED) is 0.805. The molecular formula is C17H26N2O4. The van der Waals surface area contributed by atoms with Crippen LogP contribution in [0.4, 0.5) is 4.79 Å². The molecule has 1 aliphatic rings. The first kappa shape index (κ1) is 17.4. The summed E-state index contributed by atoms with van der Waals surface area (Å²) < 4.78 is 11.5. The van der Waals surface area contributed by atoms with E-state index < -0.39 is 0 Å². The maximum absolute atomic E-state index is 12.1. The first-order valence-corrected chi connectivity index (χ1v) is 8.17. The fourth-order valence-electron chi connectivity index (χ4n) is 2.72. The Bertz CT molecular complexity index is 548. The minimum Gasteiger partial charge on any atom is -0.494 e. The van der Waals surface area contributed by atoms with Crippen molar-refractivity contribution in [2.75, 3.05) is 26.3 Å². The van der Waals surface area contributed by atoms with Gasteiger partial charge in [-0.3, -0.25) is 0 Å². The Hall–Kier alpha value is -1.95. The van der Waals surface area contributed by atoms with Crippen molar-refractivity contribution in [3.05, 3.63) is 23.3 Å². The van der Waals surface area contributed by atoms with Crippen LogP contribution in [0.25, 0.3) is 0 Å². The Morgan fingerprint density at radius 3 is 2.91 bits per heavy atom. The average Bonchev–Trinajstić information content (AvgIpc) is 2.89. The van der Waals surface area contributed by atoms with Crippen LogP contribution in [0.1, 0.15) is 31.9 Å². The van der Waals surface area contributed by atoms with Crippen LogP contribution in [-0.4, -0.2) is 48.4 Å². The van der Waals surface area contributed by atoms with Gasteiger partial charge in [-0.05, 0) is 32.9 Å². The second kappa shape index (κ2) is 8.06. The van der Waals surface area contributed by atoms with Crippen molar-refractivity contribution >= 4 is 6.03 Å². The van der Waals surface area contributed by atoms with Gasteiger partial charge >= 0.3 is 6.03 Å². The summed E-state index contributed by atoms with van der Waals surface area (Å²) in [7, 11) is 0. The standard InChI is InChI=1S/C17H26N2O4/c1-4-19(6-7-20)17(21)18-11-14-10-16-13(8-12(3)23-16)9-15(14)22-5-2/h9-10,12,20H,4-8,11H2,1-3H3,(H,18,21)/t12-/m0/s1. The zero-order chi connectivity index (χ0) is 16.8. The van der Waals surface area contributed by atoms with E-state index in [9.17, 15) is 4.79 Å². The lowest BCUT2D eigenvalue weighted by Crippen LogP contribution is -2.41. The number of benzene rings is 1.